The van der Waals surface area contributed by atoms with Crippen molar-refractivity contribution in [3.05, 3.63) is 44.5 Å². The quantitative estimate of drug-likeness (QED) is 0.701. The van der Waals surface area contributed by atoms with Crippen molar-refractivity contribution in [2.75, 3.05) is 11.4 Å². The van der Waals surface area contributed by atoms with Crippen LogP contribution in [0.1, 0.15) is 50.7 Å². The Labute approximate surface area is 169 Å². The zero-order valence-electron chi connectivity index (χ0n) is 17.5. The number of hydrogen-bond acceptors (Lipinski definition) is 5. The minimum Gasteiger partial charge on any atom is -0.481 e. The third-order valence-corrected chi connectivity index (χ3v) is 5.56. The van der Waals surface area contributed by atoms with Gasteiger partial charge in [0.2, 0.25) is 0 Å². The number of H-pyrrole nitrogens is 1. The molecule has 29 heavy (non-hydrogen) atoms. The van der Waals surface area contributed by atoms with E-state index < -0.39 is 11.4 Å². The van der Waals surface area contributed by atoms with Crippen LogP contribution in [-0.2, 0) is 4.79 Å². The van der Waals surface area contributed by atoms with E-state index in [0.29, 0.717) is 29.6 Å². The lowest BCUT2D eigenvalue weighted by molar-refractivity contribution is -0.147. The topological polar surface area (TPSA) is 98.7 Å². The monoisotopic (exact) mass is 396 g/mol. The van der Waals surface area contributed by atoms with E-state index in [1.54, 1.807) is 13.8 Å². The highest BCUT2D eigenvalue weighted by Gasteiger charge is 2.26. The molecule has 2 heterocycles. The van der Waals surface area contributed by atoms with Crippen molar-refractivity contribution in [2.24, 2.45) is 10.4 Å². The first kappa shape index (κ1) is 20.8. The molecule has 0 spiro atoms. The van der Waals surface area contributed by atoms with Gasteiger partial charge in [-0.2, -0.15) is 0 Å². The summed E-state index contributed by atoms with van der Waals surface area (Å²) in [5, 5.41) is 9.56. The van der Waals surface area contributed by atoms with Gasteiger partial charge in [0.25, 0.3) is 5.56 Å². The Morgan fingerprint density at radius 2 is 1.90 bits per heavy atom. The molecule has 0 saturated heterocycles. The van der Waals surface area contributed by atoms with Crippen LogP contribution in [0.4, 0.5) is 17.2 Å². The minimum atomic E-state index is -0.768. The number of aryl methyl sites for hydroxylation is 2. The average molecular weight is 396 g/mol. The summed E-state index contributed by atoms with van der Waals surface area (Å²) in [4.78, 5) is 37.4. The molecule has 2 aromatic rings. The van der Waals surface area contributed by atoms with Gasteiger partial charge in [-0.1, -0.05) is 19.4 Å². The number of anilines is 2. The van der Waals surface area contributed by atoms with Gasteiger partial charge in [0.1, 0.15) is 5.48 Å². The summed E-state index contributed by atoms with van der Waals surface area (Å²) in [5.41, 5.74) is 3.26. The van der Waals surface area contributed by atoms with Crippen molar-refractivity contribution >= 4 is 29.7 Å². The highest BCUT2D eigenvalue weighted by atomic mass is 16.4. The normalized spacial score (nSPS) is 12.9. The summed E-state index contributed by atoms with van der Waals surface area (Å²) in [6, 6.07) is 4.07. The lowest BCUT2D eigenvalue weighted by atomic mass is 9.87. The second-order valence-electron chi connectivity index (χ2n) is 8.37. The summed E-state index contributed by atoms with van der Waals surface area (Å²) in [5.74, 6) is -0.240. The molecule has 0 amide bonds. The van der Waals surface area contributed by atoms with Gasteiger partial charge in [0.05, 0.1) is 16.8 Å². The zero-order chi connectivity index (χ0) is 21.3. The van der Waals surface area contributed by atoms with Crippen LogP contribution < -0.4 is 21.3 Å². The number of benzene rings is 1. The van der Waals surface area contributed by atoms with Gasteiger partial charge in [-0.3, -0.25) is 9.59 Å². The average Bonchev–Trinajstić information content (AvgIpc) is 2.62. The fourth-order valence-corrected chi connectivity index (χ4v) is 3.46. The number of nitrogens with zero attached hydrogens (tertiary/aromatic N) is 3. The molecule has 1 aliphatic heterocycles. The first-order chi connectivity index (χ1) is 13.6. The molecule has 2 N–H and O–H groups in total. The number of aromatic nitrogens is 2. The molecule has 0 aliphatic carbocycles. The first-order valence-electron chi connectivity index (χ1n) is 9.90. The summed E-state index contributed by atoms with van der Waals surface area (Å²) >= 11 is 0. The number of unbranched alkanes of at least 4 members (excludes halogenated alkanes) is 2. The van der Waals surface area contributed by atoms with Gasteiger partial charge in [-0.25, -0.2) is 9.98 Å². The Bertz CT molecular complexity index is 1120. The fraction of sp³-hybridized carbons (Fsp3) is 0.455. The maximum absolute atomic E-state index is 12.4. The maximum Gasteiger partial charge on any atom is 0.309 e. The fourth-order valence-electron chi connectivity index (χ4n) is 3.46. The van der Waals surface area contributed by atoms with Gasteiger partial charge in [-0.05, 0) is 63.8 Å². The van der Waals surface area contributed by atoms with E-state index in [9.17, 15) is 14.7 Å². The number of carboxylic acid groups (broad SMARTS) is 1. The molecule has 154 valence electrons. The molecule has 0 unspecified atom stereocenters. The van der Waals surface area contributed by atoms with E-state index in [-0.39, 0.29) is 5.56 Å². The van der Waals surface area contributed by atoms with Crippen molar-refractivity contribution in [3.8, 4) is 0 Å². The number of carbonyl (C=O) groups is 1. The first-order valence-corrected chi connectivity index (χ1v) is 9.90. The van der Waals surface area contributed by atoms with Crippen LogP contribution >= 0.6 is 0 Å². The summed E-state index contributed by atoms with van der Waals surface area (Å²) in [6.07, 6.45) is 3.19. The lowest BCUT2D eigenvalue weighted by Gasteiger charge is -2.28. The molecule has 1 aliphatic rings. The van der Waals surface area contributed by atoms with Crippen LogP contribution in [0.15, 0.2) is 21.9 Å². The lowest BCUT2D eigenvalue weighted by Crippen LogP contribution is -2.42. The molecule has 1 aromatic heterocycles. The van der Waals surface area contributed by atoms with Crippen LogP contribution in [-0.4, -0.2) is 27.6 Å². The van der Waals surface area contributed by atoms with Gasteiger partial charge in [0.15, 0.2) is 11.2 Å². The van der Waals surface area contributed by atoms with Gasteiger partial charge >= 0.3 is 5.97 Å². The number of hydrogen-bond donors (Lipinski definition) is 2. The van der Waals surface area contributed by atoms with Crippen LogP contribution in [0.3, 0.4) is 0 Å². The maximum atomic E-state index is 12.4. The molecule has 1 aromatic carbocycles. The summed E-state index contributed by atoms with van der Waals surface area (Å²) in [6.45, 7) is 12.0. The number of carboxylic acids is 1. The van der Waals surface area contributed by atoms with Gasteiger partial charge < -0.3 is 15.0 Å². The molecule has 7 nitrogen and oxygen atoms in total. The predicted molar refractivity (Wildman–Crippen MR) is 114 cm³/mol. The molecule has 7 heteroatoms. The molecular formula is C22H28N4O3. The highest BCUT2D eigenvalue weighted by molar-refractivity contribution is 5.77. The largest absolute Gasteiger partial charge is 0.481 e. The molecular weight excluding hydrogens is 368 g/mol. The van der Waals surface area contributed by atoms with Crippen molar-refractivity contribution in [2.45, 2.75) is 53.4 Å². The third kappa shape index (κ3) is 4.23. The van der Waals surface area contributed by atoms with Crippen molar-refractivity contribution in [3.63, 3.8) is 0 Å². The van der Waals surface area contributed by atoms with Crippen LogP contribution in [0, 0.1) is 19.3 Å². The van der Waals surface area contributed by atoms with Crippen LogP contribution in [0.2, 0.25) is 0 Å². The molecule has 0 fully saturated rings. The second kappa shape index (κ2) is 7.81. The van der Waals surface area contributed by atoms with Crippen molar-refractivity contribution in [1.82, 2.24) is 9.97 Å². The van der Waals surface area contributed by atoms with E-state index in [4.69, 9.17) is 0 Å². The SMILES string of the molecule is C=c1nc2c(c(=O)[nH]1)=Nc1cc(C)c(C)cc1N2CCCCCC(C)(C)C(=O)O. The third-order valence-electron chi connectivity index (χ3n) is 5.56. The second-order valence-corrected chi connectivity index (χ2v) is 8.37. The molecule has 0 atom stereocenters. The van der Waals surface area contributed by atoms with E-state index in [1.165, 1.54) is 0 Å². The Morgan fingerprint density at radius 3 is 2.59 bits per heavy atom. The van der Waals surface area contributed by atoms with Crippen LogP contribution in [0.25, 0.3) is 6.58 Å². The molecule has 3 rings (SSSR count). The number of aliphatic carboxylic acids is 1. The standard InChI is InChI=1S/C22H28N4O3/c1-13-11-16-17(12-14(13)2)26(10-8-6-7-9-22(4,5)21(28)29)19-18(25-16)20(27)24-15(3)23-19/h11-12H,3,6-10H2,1-2,4-5H3,(H,24,27)(H,28,29). The number of nitrogens with one attached hydrogen (secondary N) is 1. The van der Waals surface area contributed by atoms with Crippen LogP contribution in [0.5, 0.6) is 0 Å². The Morgan fingerprint density at radius 1 is 1.21 bits per heavy atom. The van der Waals surface area contributed by atoms with E-state index in [1.807, 2.05) is 17.9 Å². The van der Waals surface area contributed by atoms with E-state index >= 15 is 0 Å². The number of aromatic amines is 1. The summed E-state index contributed by atoms with van der Waals surface area (Å²) < 4.78 is 0. The Balaban J connectivity index is 1.86. The zero-order valence-corrected chi connectivity index (χ0v) is 17.5. The van der Waals surface area contributed by atoms with Crippen molar-refractivity contribution in [1.29, 1.82) is 0 Å². The Hall–Kier alpha value is -2.96. The molecule has 0 radical (unpaired) electrons. The van der Waals surface area contributed by atoms with E-state index in [0.717, 1.165) is 41.8 Å². The summed E-state index contributed by atoms with van der Waals surface area (Å²) in [7, 11) is 0. The molecule has 0 bridgehead atoms. The predicted octanol–water partition coefficient (Wildman–Crippen LogP) is 2.87. The van der Waals surface area contributed by atoms with E-state index in [2.05, 4.69) is 34.5 Å². The van der Waals surface area contributed by atoms with Crippen molar-refractivity contribution < 1.29 is 9.90 Å². The number of rotatable bonds is 7. The Kier molecular flexibility index (Phi) is 5.59. The number of fused-ring (bicyclic) bond motifs is 2. The van der Waals surface area contributed by atoms with Gasteiger partial charge in [0, 0.05) is 6.54 Å². The smallest absolute Gasteiger partial charge is 0.309 e. The highest BCUT2D eigenvalue weighted by Crippen LogP contribution is 2.37. The van der Waals surface area contributed by atoms with Gasteiger partial charge in [-0.15, -0.1) is 0 Å². The molecule has 0 saturated carbocycles. The minimum absolute atomic E-state index is 0.294.